The van der Waals surface area contributed by atoms with Crippen molar-refractivity contribution < 1.29 is 4.39 Å². The van der Waals surface area contributed by atoms with Gasteiger partial charge in [-0.3, -0.25) is 0 Å². The van der Waals surface area contributed by atoms with Crippen LogP contribution >= 0.6 is 0 Å². The number of aryl methyl sites for hydroxylation is 1. The molecule has 1 aliphatic rings. The summed E-state index contributed by atoms with van der Waals surface area (Å²) in [4.78, 5) is 7.65. The maximum Gasteiger partial charge on any atom is 0.186 e. The summed E-state index contributed by atoms with van der Waals surface area (Å²) in [5, 5.41) is 3.06. The fraction of sp³-hybridized carbons (Fsp3) is 0.400. The van der Waals surface area contributed by atoms with Crippen molar-refractivity contribution in [1.29, 1.82) is 0 Å². The molecule has 0 fully saturated rings. The molecule has 0 saturated carbocycles. The van der Waals surface area contributed by atoms with E-state index in [0.717, 1.165) is 12.8 Å². The van der Waals surface area contributed by atoms with Crippen LogP contribution in [0.1, 0.15) is 18.5 Å². The fourth-order valence-electron chi connectivity index (χ4n) is 1.49. The molecule has 0 amide bonds. The Balaban J connectivity index is 2.12. The van der Waals surface area contributed by atoms with Gasteiger partial charge in [-0.2, -0.15) is 0 Å². The van der Waals surface area contributed by atoms with Crippen molar-refractivity contribution in [2.24, 2.45) is 0 Å². The van der Waals surface area contributed by atoms with Crippen molar-refractivity contribution in [2.45, 2.75) is 25.8 Å². The van der Waals surface area contributed by atoms with Crippen molar-refractivity contribution >= 4 is 5.82 Å². The van der Waals surface area contributed by atoms with Crippen LogP contribution in [0, 0.1) is 12.7 Å². The van der Waals surface area contributed by atoms with Gasteiger partial charge in [0.2, 0.25) is 0 Å². The predicted octanol–water partition coefficient (Wildman–Crippen LogP) is 2.05. The normalized spacial score (nSPS) is 16.1. The lowest BCUT2D eigenvalue weighted by Crippen LogP contribution is -2.17. The van der Waals surface area contributed by atoms with Crippen molar-refractivity contribution in [2.75, 3.05) is 5.32 Å². The van der Waals surface area contributed by atoms with Crippen molar-refractivity contribution in [3.05, 3.63) is 30.0 Å². The van der Waals surface area contributed by atoms with Gasteiger partial charge in [-0.1, -0.05) is 12.2 Å². The number of nitrogens with zero attached hydrogens (tertiary/aromatic N) is 2. The summed E-state index contributed by atoms with van der Waals surface area (Å²) in [5.41, 5.74) is 0.383. The molecule has 14 heavy (non-hydrogen) atoms. The molecule has 0 spiro atoms. The van der Waals surface area contributed by atoms with Crippen molar-refractivity contribution in [1.82, 2.24) is 9.97 Å². The lowest BCUT2D eigenvalue weighted by Gasteiger charge is -2.13. The highest BCUT2D eigenvalue weighted by Gasteiger charge is 2.14. The maximum atomic E-state index is 13.4. The van der Waals surface area contributed by atoms with Crippen molar-refractivity contribution in [3.8, 4) is 0 Å². The van der Waals surface area contributed by atoms with Crippen LogP contribution in [0.15, 0.2) is 18.5 Å². The van der Waals surface area contributed by atoms with Crippen molar-refractivity contribution in [3.63, 3.8) is 0 Å². The van der Waals surface area contributed by atoms with E-state index in [-0.39, 0.29) is 11.9 Å². The van der Waals surface area contributed by atoms with Crippen LogP contribution < -0.4 is 5.32 Å². The molecule has 74 valence electrons. The molecule has 4 heteroatoms. The predicted molar refractivity (Wildman–Crippen MR) is 52.5 cm³/mol. The Morgan fingerprint density at radius 1 is 1.36 bits per heavy atom. The van der Waals surface area contributed by atoms with Crippen LogP contribution in [0.2, 0.25) is 0 Å². The number of nitrogens with one attached hydrogen (secondary N) is 1. The highest BCUT2D eigenvalue weighted by molar-refractivity contribution is 5.38. The summed E-state index contributed by atoms with van der Waals surface area (Å²) in [6.07, 6.45) is 7.42. The number of hydrogen-bond acceptors (Lipinski definition) is 3. The minimum atomic E-state index is -0.348. The smallest absolute Gasteiger partial charge is 0.186 e. The van der Waals surface area contributed by atoms with E-state index in [4.69, 9.17) is 0 Å². The summed E-state index contributed by atoms with van der Waals surface area (Å²) in [6.45, 7) is 1.63. The average molecular weight is 193 g/mol. The Kier molecular flexibility index (Phi) is 2.43. The van der Waals surface area contributed by atoms with E-state index in [1.165, 1.54) is 6.33 Å². The third kappa shape index (κ3) is 1.73. The Hall–Kier alpha value is -1.45. The number of anilines is 1. The molecule has 1 N–H and O–H groups in total. The zero-order valence-corrected chi connectivity index (χ0v) is 8.00. The van der Waals surface area contributed by atoms with Gasteiger partial charge in [-0.25, -0.2) is 14.4 Å². The van der Waals surface area contributed by atoms with E-state index in [2.05, 4.69) is 27.4 Å². The number of rotatable bonds is 2. The molecule has 0 bridgehead atoms. The second-order valence-corrected chi connectivity index (χ2v) is 3.41. The highest BCUT2D eigenvalue weighted by atomic mass is 19.1. The van der Waals surface area contributed by atoms with Gasteiger partial charge >= 0.3 is 0 Å². The summed E-state index contributed by atoms with van der Waals surface area (Å²) < 4.78 is 13.4. The zero-order chi connectivity index (χ0) is 9.97. The van der Waals surface area contributed by atoms with E-state index < -0.39 is 0 Å². The van der Waals surface area contributed by atoms with Gasteiger partial charge in [0.05, 0.1) is 5.69 Å². The summed E-state index contributed by atoms with van der Waals surface area (Å²) in [7, 11) is 0. The maximum absolute atomic E-state index is 13.4. The molecule has 0 atom stereocenters. The van der Waals surface area contributed by atoms with Gasteiger partial charge < -0.3 is 5.32 Å². The van der Waals surface area contributed by atoms with Crippen LogP contribution in [-0.4, -0.2) is 16.0 Å². The number of halogens is 1. The van der Waals surface area contributed by atoms with Crippen LogP contribution in [0.3, 0.4) is 0 Å². The molecule has 0 unspecified atom stereocenters. The van der Waals surface area contributed by atoms with E-state index in [9.17, 15) is 4.39 Å². The topological polar surface area (TPSA) is 37.8 Å². The van der Waals surface area contributed by atoms with E-state index in [0.29, 0.717) is 11.5 Å². The van der Waals surface area contributed by atoms with Crippen LogP contribution in [0.4, 0.5) is 10.2 Å². The molecule has 3 nitrogen and oxygen atoms in total. The van der Waals surface area contributed by atoms with Gasteiger partial charge in [0.1, 0.15) is 6.33 Å². The molecular weight excluding hydrogens is 181 g/mol. The Morgan fingerprint density at radius 2 is 2.07 bits per heavy atom. The van der Waals surface area contributed by atoms with Crippen LogP contribution in [-0.2, 0) is 0 Å². The monoisotopic (exact) mass is 193 g/mol. The lowest BCUT2D eigenvalue weighted by atomic mass is 10.2. The molecule has 1 aromatic rings. The molecule has 1 heterocycles. The minimum Gasteiger partial charge on any atom is -0.364 e. The number of hydrogen-bond donors (Lipinski definition) is 1. The first kappa shape index (κ1) is 9.12. The van der Waals surface area contributed by atoms with Gasteiger partial charge in [0.25, 0.3) is 0 Å². The van der Waals surface area contributed by atoms with E-state index in [1.807, 2.05) is 0 Å². The molecule has 0 saturated heterocycles. The second-order valence-electron chi connectivity index (χ2n) is 3.41. The Labute approximate surface area is 82.1 Å². The molecule has 0 aliphatic heterocycles. The van der Waals surface area contributed by atoms with Gasteiger partial charge in [0.15, 0.2) is 11.6 Å². The molecule has 0 aromatic carbocycles. The first-order valence-electron chi connectivity index (χ1n) is 4.66. The molecule has 0 radical (unpaired) electrons. The minimum absolute atomic E-state index is 0.277. The van der Waals surface area contributed by atoms with Gasteiger partial charge in [-0.05, 0) is 19.8 Å². The fourth-order valence-corrected chi connectivity index (χ4v) is 1.49. The van der Waals surface area contributed by atoms with E-state index in [1.54, 1.807) is 6.92 Å². The average Bonchev–Trinajstić information content (AvgIpc) is 2.66. The first-order valence-corrected chi connectivity index (χ1v) is 4.66. The van der Waals surface area contributed by atoms with Crippen LogP contribution in [0.5, 0.6) is 0 Å². The number of aromatic nitrogens is 2. The highest BCUT2D eigenvalue weighted by Crippen LogP contribution is 2.18. The molecule has 1 aliphatic carbocycles. The lowest BCUT2D eigenvalue weighted by molar-refractivity contribution is 0.600. The summed E-state index contributed by atoms with van der Waals surface area (Å²) in [6, 6.07) is 0.277. The Bertz CT molecular complexity index is 354. The van der Waals surface area contributed by atoms with Gasteiger partial charge in [-0.15, -0.1) is 0 Å². The zero-order valence-electron chi connectivity index (χ0n) is 8.00. The summed E-state index contributed by atoms with van der Waals surface area (Å²) >= 11 is 0. The van der Waals surface area contributed by atoms with Gasteiger partial charge in [0, 0.05) is 6.04 Å². The third-order valence-corrected chi connectivity index (χ3v) is 2.31. The summed E-state index contributed by atoms with van der Waals surface area (Å²) in [5.74, 6) is -0.0365. The molecule has 2 rings (SSSR count). The molecule has 1 aromatic heterocycles. The second kappa shape index (κ2) is 3.74. The standard InChI is InChI=1S/C10H12FN3/c1-7-9(11)10(13-6-12-7)14-8-4-2-3-5-8/h2-3,6,8H,4-5H2,1H3,(H,12,13,14). The third-order valence-electron chi connectivity index (χ3n) is 2.31. The Morgan fingerprint density at radius 3 is 2.79 bits per heavy atom. The van der Waals surface area contributed by atoms with Crippen LogP contribution in [0.25, 0.3) is 0 Å². The van der Waals surface area contributed by atoms with E-state index >= 15 is 0 Å². The largest absolute Gasteiger partial charge is 0.364 e. The first-order chi connectivity index (χ1) is 6.77. The SMILES string of the molecule is Cc1ncnc(NC2CC=CC2)c1F. The quantitative estimate of drug-likeness (QED) is 0.730. The molecular formula is C10H12FN3.